The van der Waals surface area contributed by atoms with Crippen molar-refractivity contribution in [2.24, 2.45) is 5.73 Å². The molecule has 0 amide bonds. The van der Waals surface area contributed by atoms with Crippen LogP contribution in [0.25, 0.3) is 0 Å². The van der Waals surface area contributed by atoms with E-state index in [1.807, 2.05) is 0 Å². The summed E-state index contributed by atoms with van der Waals surface area (Å²) >= 11 is 0. The Kier molecular flexibility index (Phi) is 5.14. The van der Waals surface area contributed by atoms with Crippen LogP contribution in [-0.4, -0.2) is 19.8 Å². The van der Waals surface area contributed by atoms with E-state index in [2.05, 4.69) is 10.0 Å². The average Bonchev–Trinajstić information content (AvgIpc) is 2.35. The number of hydrogen-bond donors (Lipinski definition) is 4. The highest BCUT2D eigenvalue weighted by atomic mass is 32.2. The molecule has 0 bridgehead atoms. The van der Waals surface area contributed by atoms with E-state index in [1.54, 1.807) is 39.8 Å². The monoisotopic (exact) mass is 310 g/mol. The number of benzene rings is 1. The van der Waals surface area contributed by atoms with Gasteiger partial charge in [0, 0.05) is 23.0 Å². The molecule has 0 atom stereocenters. The molecule has 6 nitrogen and oxygen atoms in total. The van der Waals surface area contributed by atoms with Gasteiger partial charge in [0.2, 0.25) is 10.0 Å². The summed E-state index contributed by atoms with van der Waals surface area (Å²) in [5, 5.41) is 10.6. The number of anilines is 1. The predicted octanol–water partition coefficient (Wildman–Crippen LogP) is 2.02. The van der Waals surface area contributed by atoms with Gasteiger partial charge in [-0.05, 0) is 45.9 Å². The van der Waals surface area contributed by atoms with Gasteiger partial charge in [-0.3, -0.25) is 5.41 Å². The van der Waals surface area contributed by atoms with Gasteiger partial charge in [0.1, 0.15) is 5.84 Å². The van der Waals surface area contributed by atoms with Crippen molar-refractivity contribution in [3.05, 3.63) is 36.0 Å². The summed E-state index contributed by atoms with van der Waals surface area (Å²) in [7, 11) is -3.60. The van der Waals surface area contributed by atoms with Crippen molar-refractivity contribution in [1.29, 1.82) is 5.41 Å². The van der Waals surface area contributed by atoms with Crippen LogP contribution >= 0.6 is 0 Å². The van der Waals surface area contributed by atoms with Crippen LogP contribution in [0, 0.1) is 5.41 Å². The Morgan fingerprint density at radius 2 is 1.95 bits per heavy atom. The quantitative estimate of drug-likeness (QED) is 0.504. The molecule has 0 spiro atoms. The summed E-state index contributed by atoms with van der Waals surface area (Å²) < 4.78 is 27.1. The zero-order valence-electron chi connectivity index (χ0n) is 12.7. The Bertz CT molecular complexity index is 658. The van der Waals surface area contributed by atoms with Crippen molar-refractivity contribution in [2.45, 2.75) is 38.1 Å². The molecule has 0 aromatic heterocycles. The minimum Gasteiger partial charge on any atom is -0.404 e. The molecule has 0 saturated carbocycles. The number of sulfonamides is 1. The first-order chi connectivity index (χ1) is 9.55. The van der Waals surface area contributed by atoms with Gasteiger partial charge in [-0.25, -0.2) is 13.1 Å². The van der Waals surface area contributed by atoms with E-state index in [0.29, 0.717) is 11.3 Å². The van der Waals surface area contributed by atoms with Crippen LogP contribution in [0.15, 0.2) is 40.9 Å². The Labute approximate surface area is 126 Å². The van der Waals surface area contributed by atoms with Crippen LogP contribution < -0.4 is 15.8 Å². The Balaban J connectivity index is 3.04. The van der Waals surface area contributed by atoms with Gasteiger partial charge < -0.3 is 11.1 Å². The number of nitrogens with two attached hydrogens (primary N) is 1. The fraction of sp³-hybridized carbons (Fsp3) is 0.357. The molecule has 0 unspecified atom stereocenters. The van der Waals surface area contributed by atoms with E-state index in [1.165, 1.54) is 18.3 Å². The first kappa shape index (κ1) is 17.2. The zero-order valence-corrected chi connectivity index (χ0v) is 13.5. The molecule has 116 valence electrons. The third-order valence-corrected chi connectivity index (χ3v) is 4.25. The molecule has 0 saturated heterocycles. The molecule has 0 aliphatic carbocycles. The molecule has 1 aromatic carbocycles. The molecule has 1 rings (SSSR count). The number of hydrogen-bond acceptors (Lipinski definition) is 4. The topological polar surface area (TPSA) is 108 Å². The molecule has 5 N–H and O–H groups in total. The van der Waals surface area contributed by atoms with Crippen molar-refractivity contribution < 1.29 is 8.42 Å². The molecule has 0 heterocycles. The standard InChI is InChI=1S/C14H22N4O2S/c1-10(9-15)13(16)17-11-6-5-7-12(8-11)21(19,20)18-14(2,3)4/h5-9,18H,15H2,1-4H3,(H2,16,17)/b10-9-. The van der Waals surface area contributed by atoms with Gasteiger partial charge >= 0.3 is 0 Å². The lowest BCUT2D eigenvalue weighted by atomic mass is 10.1. The van der Waals surface area contributed by atoms with E-state index in [4.69, 9.17) is 11.1 Å². The maximum absolute atomic E-state index is 12.3. The van der Waals surface area contributed by atoms with Gasteiger partial charge in [0.15, 0.2) is 0 Å². The molecule has 1 aromatic rings. The fourth-order valence-electron chi connectivity index (χ4n) is 1.53. The van der Waals surface area contributed by atoms with Crippen LogP contribution in [0.2, 0.25) is 0 Å². The highest BCUT2D eigenvalue weighted by molar-refractivity contribution is 7.89. The maximum Gasteiger partial charge on any atom is 0.241 e. The third kappa shape index (κ3) is 5.20. The average molecular weight is 310 g/mol. The van der Waals surface area contributed by atoms with Crippen molar-refractivity contribution >= 4 is 21.5 Å². The highest BCUT2D eigenvalue weighted by Gasteiger charge is 2.22. The number of rotatable bonds is 4. The second-order valence-corrected chi connectivity index (χ2v) is 7.42. The summed E-state index contributed by atoms with van der Waals surface area (Å²) in [4.78, 5) is 0.143. The minimum atomic E-state index is -3.60. The third-order valence-electron chi connectivity index (χ3n) is 2.50. The lowest BCUT2D eigenvalue weighted by molar-refractivity contribution is 0.491. The van der Waals surface area contributed by atoms with E-state index in [9.17, 15) is 8.42 Å². The normalized spacial score (nSPS) is 13.0. The lowest BCUT2D eigenvalue weighted by Gasteiger charge is -2.20. The van der Waals surface area contributed by atoms with E-state index in [0.717, 1.165) is 0 Å². The Hall–Kier alpha value is -1.86. The zero-order chi connectivity index (χ0) is 16.3. The molecule has 0 fully saturated rings. The number of nitrogens with one attached hydrogen (secondary N) is 3. The summed E-state index contributed by atoms with van der Waals surface area (Å²) in [6.07, 6.45) is 1.32. The smallest absolute Gasteiger partial charge is 0.241 e. The van der Waals surface area contributed by atoms with Crippen molar-refractivity contribution in [1.82, 2.24) is 4.72 Å². The van der Waals surface area contributed by atoms with Crippen molar-refractivity contribution in [3.8, 4) is 0 Å². The van der Waals surface area contributed by atoms with Gasteiger partial charge in [0.25, 0.3) is 0 Å². The number of amidine groups is 1. The summed E-state index contributed by atoms with van der Waals surface area (Å²) in [5.74, 6) is 0.121. The van der Waals surface area contributed by atoms with Crippen LogP contribution in [0.1, 0.15) is 27.7 Å². The molecule has 21 heavy (non-hydrogen) atoms. The second kappa shape index (κ2) is 6.28. The van der Waals surface area contributed by atoms with Crippen LogP contribution in [-0.2, 0) is 10.0 Å². The molecule has 0 aliphatic heterocycles. The van der Waals surface area contributed by atoms with Gasteiger partial charge in [-0.15, -0.1) is 0 Å². The van der Waals surface area contributed by atoms with E-state index < -0.39 is 15.6 Å². The first-order valence-corrected chi connectivity index (χ1v) is 7.92. The molecular weight excluding hydrogens is 288 g/mol. The second-order valence-electron chi connectivity index (χ2n) is 5.73. The highest BCUT2D eigenvalue weighted by Crippen LogP contribution is 2.18. The van der Waals surface area contributed by atoms with Gasteiger partial charge in [-0.2, -0.15) is 0 Å². The summed E-state index contributed by atoms with van der Waals surface area (Å²) in [5.41, 5.74) is 5.86. The minimum absolute atomic E-state index is 0.121. The molecular formula is C14H22N4O2S. The van der Waals surface area contributed by atoms with Gasteiger partial charge in [-0.1, -0.05) is 6.07 Å². The SMILES string of the molecule is C/C(=C/N)C(=N)Nc1cccc(S(=O)(=O)NC(C)(C)C)c1. The van der Waals surface area contributed by atoms with Crippen LogP contribution in [0.5, 0.6) is 0 Å². The largest absolute Gasteiger partial charge is 0.404 e. The maximum atomic E-state index is 12.3. The summed E-state index contributed by atoms with van der Waals surface area (Å²) in [6.45, 7) is 7.02. The van der Waals surface area contributed by atoms with Gasteiger partial charge in [0.05, 0.1) is 4.90 Å². The van der Waals surface area contributed by atoms with E-state index in [-0.39, 0.29) is 10.7 Å². The molecule has 7 heteroatoms. The van der Waals surface area contributed by atoms with E-state index >= 15 is 0 Å². The van der Waals surface area contributed by atoms with Crippen molar-refractivity contribution in [2.75, 3.05) is 5.32 Å². The molecule has 0 aliphatic rings. The van der Waals surface area contributed by atoms with Crippen LogP contribution in [0.3, 0.4) is 0 Å². The Morgan fingerprint density at radius 3 is 2.48 bits per heavy atom. The summed E-state index contributed by atoms with van der Waals surface area (Å²) in [6, 6.07) is 6.30. The van der Waals surface area contributed by atoms with Crippen LogP contribution in [0.4, 0.5) is 5.69 Å². The predicted molar refractivity (Wildman–Crippen MR) is 85.8 cm³/mol. The first-order valence-electron chi connectivity index (χ1n) is 6.43. The molecule has 0 radical (unpaired) electrons. The Morgan fingerprint density at radius 1 is 1.33 bits per heavy atom. The van der Waals surface area contributed by atoms with Crippen molar-refractivity contribution in [3.63, 3.8) is 0 Å². The lowest BCUT2D eigenvalue weighted by Crippen LogP contribution is -2.40. The fourth-order valence-corrected chi connectivity index (χ4v) is 2.99.